The third-order valence-electron chi connectivity index (χ3n) is 4.05. The SMILES string of the molecule is O=C(c1nc(Cl)c(Cl)c(Cl)c1Cl)N1CCC(NS(=O)(=O)c2cccs2)CC1. The van der Waals surface area contributed by atoms with Crippen molar-refractivity contribution in [3.63, 3.8) is 0 Å². The first-order valence-electron chi connectivity index (χ1n) is 7.76. The number of nitrogens with zero attached hydrogens (tertiary/aromatic N) is 2. The smallest absolute Gasteiger partial charge is 0.274 e. The molecule has 2 aromatic rings. The van der Waals surface area contributed by atoms with Gasteiger partial charge in [0.05, 0.1) is 15.1 Å². The highest BCUT2D eigenvalue weighted by atomic mass is 35.5. The Labute approximate surface area is 180 Å². The third-order valence-corrected chi connectivity index (χ3v) is 8.65. The number of aromatic nitrogens is 1. The molecule has 0 unspecified atom stereocenters. The Kier molecular flexibility index (Phi) is 6.57. The van der Waals surface area contributed by atoms with Crippen LogP contribution in [0.1, 0.15) is 23.3 Å². The lowest BCUT2D eigenvalue weighted by molar-refractivity contribution is 0.0705. The van der Waals surface area contributed by atoms with Crippen molar-refractivity contribution < 1.29 is 13.2 Å². The molecule has 6 nitrogen and oxygen atoms in total. The second-order valence-electron chi connectivity index (χ2n) is 5.81. The highest BCUT2D eigenvalue weighted by Crippen LogP contribution is 2.36. The molecule has 0 aliphatic carbocycles. The molecule has 0 radical (unpaired) electrons. The molecule has 1 amide bonds. The van der Waals surface area contributed by atoms with E-state index in [0.717, 1.165) is 11.3 Å². The van der Waals surface area contributed by atoms with Crippen LogP contribution in [-0.4, -0.2) is 43.3 Å². The summed E-state index contributed by atoms with van der Waals surface area (Å²) in [7, 11) is -3.55. The lowest BCUT2D eigenvalue weighted by atomic mass is 10.1. The van der Waals surface area contributed by atoms with E-state index in [1.165, 1.54) is 4.90 Å². The zero-order valence-electron chi connectivity index (χ0n) is 13.6. The molecule has 1 N–H and O–H groups in total. The van der Waals surface area contributed by atoms with Crippen molar-refractivity contribution in [2.45, 2.75) is 23.1 Å². The van der Waals surface area contributed by atoms with E-state index in [1.54, 1.807) is 17.5 Å². The molecule has 0 saturated carbocycles. The van der Waals surface area contributed by atoms with Gasteiger partial charge >= 0.3 is 0 Å². The molecule has 0 aromatic carbocycles. The highest BCUT2D eigenvalue weighted by molar-refractivity contribution is 7.91. The van der Waals surface area contributed by atoms with Crippen LogP contribution in [0, 0.1) is 0 Å². The van der Waals surface area contributed by atoms with Crippen molar-refractivity contribution in [1.29, 1.82) is 0 Å². The molecular formula is C15H13Cl4N3O3S2. The molecule has 146 valence electrons. The van der Waals surface area contributed by atoms with Gasteiger partial charge in [0.15, 0.2) is 0 Å². The van der Waals surface area contributed by atoms with Gasteiger partial charge in [0, 0.05) is 19.1 Å². The normalized spacial score (nSPS) is 15.9. The molecule has 1 fully saturated rings. The van der Waals surface area contributed by atoms with Gasteiger partial charge in [-0.05, 0) is 24.3 Å². The molecule has 0 atom stereocenters. The van der Waals surface area contributed by atoms with Crippen LogP contribution in [0.3, 0.4) is 0 Å². The zero-order chi connectivity index (χ0) is 19.8. The van der Waals surface area contributed by atoms with Crippen molar-refractivity contribution in [3.05, 3.63) is 43.4 Å². The minimum absolute atomic E-state index is 0.0124. The first kappa shape index (κ1) is 21.1. The van der Waals surface area contributed by atoms with Crippen molar-refractivity contribution in [2.75, 3.05) is 13.1 Å². The van der Waals surface area contributed by atoms with E-state index in [1.807, 2.05) is 0 Å². The molecule has 27 heavy (non-hydrogen) atoms. The molecule has 1 aliphatic rings. The summed E-state index contributed by atoms with van der Waals surface area (Å²) in [6.07, 6.45) is 0.923. The van der Waals surface area contributed by atoms with E-state index >= 15 is 0 Å². The van der Waals surface area contributed by atoms with E-state index in [4.69, 9.17) is 46.4 Å². The quantitative estimate of drug-likeness (QED) is 0.649. The maximum atomic E-state index is 12.7. The number of amides is 1. The van der Waals surface area contributed by atoms with E-state index < -0.39 is 15.9 Å². The zero-order valence-corrected chi connectivity index (χ0v) is 18.2. The number of thiophene rings is 1. The van der Waals surface area contributed by atoms with Gasteiger partial charge in [0.1, 0.15) is 15.1 Å². The van der Waals surface area contributed by atoms with Gasteiger partial charge in [-0.1, -0.05) is 52.5 Å². The number of hydrogen-bond donors (Lipinski definition) is 1. The molecular weight excluding hydrogens is 476 g/mol. The van der Waals surface area contributed by atoms with Crippen LogP contribution < -0.4 is 4.72 Å². The van der Waals surface area contributed by atoms with Crippen LogP contribution in [0.15, 0.2) is 21.7 Å². The number of hydrogen-bond acceptors (Lipinski definition) is 5. The van der Waals surface area contributed by atoms with Gasteiger partial charge < -0.3 is 4.90 Å². The first-order chi connectivity index (χ1) is 12.7. The average Bonchev–Trinajstić information content (AvgIpc) is 3.18. The molecule has 0 spiro atoms. The second-order valence-corrected chi connectivity index (χ2v) is 10.2. The topological polar surface area (TPSA) is 79.4 Å². The molecule has 1 aliphatic heterocycles. The van der Waals surface area contributed by atoms with Gasteiger partial charge in [-0.3, -0.25) is 4.79 Å². The van der Waals surface area contributed by atoms with Crippen molar-refractivity contribution >= 4 is 73.7 Å². The Balaban J connectivity index is 1.67. The first-order valence-corrected chi connectivity index (χ1v) is 11.6. The monoisotopic (exact) mass is 487 g/mol. The Morgan fingerprint density at radius 3 is 2.41 bits per heavy atom. The van der Waals surface area contributed by atoms with Crippen LogP contribution in [-0.2, 0) is 10.0 Å². The van der Waals surface area contributed by atoms with Gasteiger partial charge in [0.25, 0.3) is 5.91 Å². The Hall–Kier alpha value is -0.610. The summed E-state index contributed by atoms with van der Waals surface area (Å²) in [5, 5.41) is 1.50. The summed E-state index contributed by atoms with van der Waals surface area (Å²) in [5.41, 5.74) is -0.0753. The average molecular weight is 489 g/mol. The number of carbonyl (C=O) groups excluding carboxylic acids is 1. The number of rotatable bonds is 4. The minimum atomic E-state index is -3.55. The van der Waals surface area contributed by atoms with E-state index in [-0.39, 0.29) is 36.2 Å². The van der Waals surface area contributed by atoms with Crippen LogP contribution >= 0.6 is 57.7 Å². The lowest BCUT2D eigenvalue weighted by Gasteiger charge is -2.32. The molecule has 2 aromatic heterocycles. The van der Waals surface area contributed by atoms with Gasteiger partial charge in [-0.25, -0.2) is 18.1 Å². The standard InChI is InChI=1S/C15H13Cl4N3O3S2/c16-10-11(17)13(20-14(19)12(10)18)15(23)22-5-3-8(4-6-22)21-27(24,25)9-2-1-7-26-9/h1-2,7-8,21H,3-6H2. The molecule has 12 heteroatoms. The second kappa shape index (κ2) is 8.41. The van der Waals surface area contributed by atoms with E-state index in [0.29, 0.717) is 25.9 Å². The Bertz CT molecular complexity index is 959. The summed E-state index contributed by atoms with van der Waals surface area (Å²) in [4.78, 5) is 18.2. The Morgan fingerprint density at radius 1 is 1.15 bits per heavy atom. The summed E-state index contributed by atoms with van der Waals surface area (Å²) in [6.45, 7) is 0.679. The van der Waals surface area contributed by atoms with Crippen LogP contribution in [0.25, 0.3) is 0 Å². The number of pyridine rings is 1. The number of likely N-dealkylation sites (tertiary alicyclic amines) is 1. The fourth-order valence-electron chi connectivity index (χ4n) is 2.67. The van der Waals surface area contributed by atoms with Crippen molar-refractivity contribution in [1.82, 2.24) is 14.6 Å². The lowest BCUT2D eigenvalue weighted by Crippen LogP contribution is -2.46. The Morgan fingerprint density at radius 2 is 1.81 bits per heavy atom. The van der Waals surface area contributed by atoms with Crippen LogP contribution in [0.2, 0.25) is 20.2 Å². The van der Waals surface area contributed by atoms with Gasteiger partial charge in [-0.2, -0.15) is 0 Å². The fraction of sp³-hybridized carbons (Fsp3) is 0.333. The highest BCUT2D eigenvalue weighted by Gasteiger charge is 2.30. The van der Waals surface area contributed by atoms with Crippen molar-refractivity contribution in [2.24, 2.45) is 0 Å². The summed E-state index contributed by atoms with van der Waals surface area (Å²) >= 11 is 25.0. The van der Waals surface area contributed by atoms with Crippen LogP contribution in [0.5, 0.6) is 0 Å². The minimum Gasteiger partial charge on any atom is -0.337 e. The largest absolute Gasteiger partial charge is 0.337 e. The predicted molar refractivity (Wildman–Crippen MR) is 108 cm³/mol. The third kappa shape index (κ3) is 4.53. The number of piperidine rings is 1. The number of sulfonamides is 1. The van der Waals surface area contributed by atoms with Gasteiger partial charge in [-0.15, -0.1) is 11.3 Å². The summed E-state index contributed by atoms with van der Waals surface area (Å²) < 4.78 is 27.5. The predicted octanol–water partition coefficient (Wildman–Crippen LogP) is 4.34. The van der Waals surface area contributed by atoms with Crippen molar-refractivity contribution in [3.8, 4) is 0 Å². The number of carbonyl (C=O) groups is 1. The van der Waals surface area contributed by atoms with Gasteiger partial charge in [0.2, 0.25) is 10.0 Å². The maximum absolute atomic E-state index is 12.7. The van der Waals surface area contributed by atoms with Crippen LogP contribution in [0.4, 0.5) is 0 Å². The number of halogens is 4. The summed E-state index contributed by atoms with van der Waals surface area (Å²) in [5.74, 6) is -0.431. The van der Waals surface area contributed by atoms with E-state index in [2.05, 4.69) is 9.71 Å². The van der Waals surface area contributed by atoms with E-state index in [9.17, 15) is 13.2 Å². The maximum Gasteiger partial charge on any atom is 0.274 e. The molecule has 3 rings (SSSR count). The number of nitrogens with one attached hydrogen (secondary N) is 1. The fourth-order valence-corrected chi connectivity index (χ4v) is 5.80. The molecule has 0 bridgehead atoms. The molecule has 1 saturated heterocycles. The molecule has 3 heterocycles. The summed E-state index contributed by atoms with van der Waals surface area (Å²) in [6, 6.07) is 2.97.